The lowest BCUT2D eigenvalue weighted by molar-refractivity contribution is 1.12. The van der Waals surface area contributed by atoms with Crippen molar-refractivity contribution in [2.45, 2.75) is 17.7 Å². The van der Waals surface area contributed by atoms with Gasteiger partial charge in [0.2, 0.25) is 0 Å². The molecule has 0 bridgehead atoms. The zero-order valence-corrected chi connectivity index (χ0v) is 16.4. The predicted octanol–water partition coefficient (Wildman–Crippen LogP) is 5.65. The molecule has 0 aliphatic heterocycles. The van der Waals surface area contributed by atoms with Crippen LogP contribution in [0.3, 0.4) is 0 Å². The molecule has 2 heterocycles. The summed E-state index contributed by atoms with van der Waals surface area (Å²) in [5.74, 6) is 0. The fourth-order valence-corrected chi connectivity index (χ4v) is 7.56. The van der Waals surface area contributed by atoms with Crippen molar-refractivity contribution in [2.75, 3.05) is 5.73 Å². The third-order valence-electron chi connectivity index (χ3n) is 5.35. The molecule has 26 heavy (non-hydrogen) atoms. The van der Waals surface area contributed by atoms with Gasteiger partial charge in [-0.15, -0.1) is 35.3 Å². The van der Waals surface area contributed by atoms with Crippen LogP contribution in [0.15, 0.2) is 41.3 Å². The lowest BCUT2D eigenvalue weighted by Gasteiger charge is -2.05. The van der Waals surface area contributed by atoms with Crippen LogP contribution in [0.25, 0.3) is 52.5 Å². The van der Waals surface area contributed by atoms with Crippen LogP contribution in [0.4, 0.5) is 5.69 Å². The molecular formula is C22H15NS3. The highest BCUT2D eigenvalue weighted by Gasteiger charge is 2.18. The van der Waals surface area contributed by atoms with Crippen LogP contribution in [-0.2, 0) is 0 Å². The van der Waals surface area contributed by atoms with E-state index >= 15 is 0 Å². The van der Waals surface area contributed by atoms with Crippen LogP contribution in [0.2, 0.25) is 0 Å². The van der Waals surface area contributed by atoms with Gasteiger partial charge in [0.1, 0.15) is 0 Å². The number of thiophene rings is 2. The van der Waals surface area contributed by atoms with Gasteiger partial charge in [-0.25, -0.2) is 0 Å². The van der Waals surface area contributed by atoms with Gasteiger partial charge in [0, 0.05) is 36.0 Å². The average Bonchev–Trinajstić information content (AvgIpc) is 3.17. The number of rotatable bonds is 0. The van der Waals surface area contributed by atoms with Crippen molar-refractivity contribution in [3.05, 3.63) is 46.8 Å². The smallest absolute Gasteiger partial charge is 0.0563 e. The second-order valence-electron chi connectivity index (χ2n) is 6.83. The molecule has 2 aromatic heterocycles. The van der Waals surface area contributed by atoms with Crippen molar-refractivity contribution in [3.8, 4) is 0 Å². The number of thiol groups is 1. The third-order valence-corrected chi connectivity index (χ3v) is 8.26. The first kappa shape index (κ1) is 15.1. The fraction of sp³-hybridized carbons (Fsp3) is 0.0909. The van der Waals surface area contributed by atoms with E-state index in [-0.39, 0.29) is 0 Å². The zero-order chi connectivity index (χ0) is 17.4. The molecule has 3 aromatic carbocycles. The van der Waals surface area contributed by atoms with Crippen molar-refractivity contribution in [1.82, 2.24) is 0 Å². The van der Waals surface area contributed by atoms with E-state index in [1.165, 1.54) is 50.8 Å². The van der Waals surface area contributed by atoms with E-state index in [4.69, 9.17) is 18.4 Å². The maximum atomic E-state index is 6.65. The van der Waals surface area contributed by atoms with Gasteiger partial charge in [0.15, 0.2) is 0 Å². The van der Waals surface area contributed by atoms with E-state index in [1.807, 2.05) is 22.7 Å². The van der Waals surface area contributed by atoms with Crippen LogP contribution in [0.5, 0.6) is 0 Å². The second-order valence-corrected chi connectivity index (χ2v) is 9.39. The Bertz CT molecular complexity index is 1500. The quantitative estimate of drug-likeness (QED) is 0.260. The van der Waals surface area contributed by atoms with Crippen molar-refractivity contribution in [2.24, 2.45) is 0 Å². The SMILES string of the molecule is Nc1c2c(cc3sc4c(sc5cc6ccccc6c(S)c54)c13)=CCCC=2. The summed E-state index contributed by atoms with van der Waals surface area (Å²) >= 11 is 8.63. The van der Waals surface area contributed by atoms with Crippen LogP contribution in [-0.4, -0.2) is 0 Å². The van der Waals surface area contributed by atoms with E-state index in [1.54, 1.807) is 0 Å². The normalized spacial score (nSPS) is 14.0. The Balaban J connectivity index is 1.87. The number of nitrogens with two attached hydrogens (primary N) is 1. The molecular weight excluding hydrogens is 374 g/mol. The van der Waals surface area contributed by atoms with E-state index < -0.39 is 0 Å². The van der Waals surface area contributed by atoms with E-state index in [2.05, 4.69) is 48.6 Å². The Labute approximate surface area is 163 Å². The maximum Gasteiger partial charge on any atom is 0.0563 e. The monoisotopic (exact) mass is 389 g/mol. The minimum Gasteiger partial charge on any atom is -0.398 e. The lowest BCUT2D eigenvalue weighted by atomic mass is 10.0. The number of hydrogen-bond donors (Lipinski definition) is 2. The van der Waals surface area contributed by atoms with E-state index in [9.17, 15) is 0 Å². The lowest BCUT2D eigenvalue weighted by Crippen LogP contribution is -2.29. The molecule has 1 aliphatic carbocycles. The highest BCUT2D eigenvalue weighted by molar-refractivity contribution is 7.81. The summed E-state index contributed by atoms with van der Waals surface area (Å²) in [5.41, 5.74) is 7.59. The summed E-state index contributed by atoms with van der Waals surface area (Å²) in [4.78, 5) is 1.08. The van der Waals surface area contributed by atoms with Gasteiger partial charge in [0.05, 0.1) is 9.40 Å². The molecule has 1 aliphatic rings. The summed E-state index contributed by atoms with van der Waals surface area (Å²) in [5, 5.41) is 7.48. The van der Waals surface area contributed by atoms with Gasteiger partial charge < -0.3 is 5.73 Å². The third kappa shape index (κ3) is 1.87. The zero-order valence-electron chi connectivity index (χ0n) is 13.9. The molecule has 0 saturated carbocycles. The Morgan fingerprint density at radius 3 is 2.50 bits per heavy atom. The Morgan fingerprint density at radius 1 is 0.885 bits per heavy atom. The minimum atomic E-state index is 0.941. The summed E-state index contributed by atoms with van der Waals surface area (Å²) in [7, 11) is 0. The van der Waals surface area contributed by atoms with Gasteiger partial charge in [-0.1, -0.05) is 36.4 Å². The molecule has 126 valence electrons. The Morgan fingerprint density at radius 2 is 1.62 bits per heavy atom. The first-order chi connectivity index (χ1) is 12.7. The predicted molar refractivity (Wildman–Crippen MR) is 121 cm³/mol. The summed E-state index contributed by atoms with van der Waals surface area (Å²) in [6.45, 7) is 0. The molecule has 0 amide bonds. The van der Waals surface area contributed by atoms with Crippen molar-refractivity contribution in [1.29, 1.82) is 0 Å². The number of hydrogen-bond acceptors (Lipinski definition) is 4. The van der Waals surface area contributed by atoms with Crippen molar-refractivity contribution >= 4 is 93.5 Å². The molecule has 2 N–H and O–H groups in total. The molecule has 0 spiro atoms. The number of benzene rings is 3. The fourth-order valence-electron chi connectivity index (χ4n) is 4.14. The minimum absolute atomic E-state index is 0.941. The molecule has 5 aromatic rings. The van der Waals surface area contributed by atoms with Crippen LogP contribution >= 0.6 is 35.3 Å². The molecule has 0 unspecified atom stereocenters. The van der Waals surface area contributed by atoms with Gasteiger partial charge in [-0.3, -0.25) is 0 Å². The average molecular weight is 390 g/mol. The summed E-state index contributed by atoms with van der Waals surface area (Å²) in [6, 6.07) is 13.1. The van der Waals surface area contributed by atoms with Gasteiger partial charge in [0.25, 0.3) is 0 Å². The Hall–Kier alpha value is -2.01. The van der Waals surface area contributed by atoms with Gasteiger partial charge in [-0.2, -0.15) is 0 Å². The van der Waals surface area contributed by atoms with Gasteiger partial charge >= 0.3 is 0 Å². The number of fused-ring (bicyclic) bond motifs is 7. The molecule has 6 rings (SSSR count). The Kier molecular flexibility index (Phi) is 3.05. The number of nitrogen functional groups attached to an aromatic ring is 1. The summed E-state index contributed by atoms with van der Waals surface area (Å²) in [6.07, 6.45) is 6.79. The van der Waals surface area contributed by atoms with E-state index in [0.29, 0.717) is 0 Å². The maximum absolute atomic E-state index is 6.65. The highest BCUT2D eigenvalue weighted by Crippen LogP contribution is 2.48. The highest BCUT2D eigenvalue weighted by atomic mass is 32.1. The van der Waals surface area contributed by atoms with Gasteiger partial charge in [-0.05, 0) is 41.0 Å². The largest absolute Gasteiger partial charge is 0.398 e. The van der Waals surface area contributed by atoms with Crippen LogP contribution in [0.1, 0.15) is 12.8 Å². The first-order valence-electron chi connectivity index (χ1n) is 8.70. The molecule has 0 radical (unpaired) electrons. The van der Waals surface area contributed by atoms with Crippen molar-refractivity contribution < 1.29 is 0 Å². The van der Waals surface area contributed by atoms with Crippen molar-refractivity contribution in [3.63, 3.8) is 0 Å². The second kappa shape index (κ2) is 5.26. The van der Waals surface area contributed by atoms with Crippen LogP contribution in [0, 0.1) is 0 Å². The number of anilines is 1. The topological polar surface area (TPSA) is 26.0 Å². The first-order valence-corrected chi connectivity index (χ1v) is 10.8. The van der Waals surface area contributed by atoms with E-state index in [0.717, 1.165) is 23.4 Å². The standard InChI is InChI=1S/C22H15NS3/c23-19-13-7-3-1-5-11(13)9-15-17(19)21-22(25-15)18-16(26-21)10-12-6-2-4-8-14(12)20(18)24/h2,4-10,24H,1,3,23H2. The molecule has 4 heteroatoms. The molecule has 0 saturated heterocycles. The summed E-state index contributed by atoms with van der Waals surface area (Å²) < 4.78 is 5.22. The van der Waals surface area contributed by atoms with Crippen LogP contribution < -0.4 is 16.2 Å². The molecule has 0 atom stereocenters. The molecule has 1 nitrogen and oxygen atoms in total. The molecule has 0 fully saturated rings.